The van der Waals surface area contributed by atoms with Crippen LogP contribution in [-0.2, 0) is 40.0 Å². The summed E-state index contributed by atoms with van der Waals surface area (Å²) < 4.78 is 5.68. The summed E-state index contributed by atoms with van der Waals surface area (Å²) >= 11 is 0. The van der Waals surface area contributed by atoms with Crippen molar-refractivity contribution >= 4 is 41.4 Å². The maximum absolute atomic E-state index is 14.3. The molecule has 14 N–H and O–H groups in total. The van der Waals surface area contributed by atoms with Gasteiger partial charge in [0, 0.05) is 38.5 Å². The molecule has 19 heteroatoms. The molecule has 0 saturated carbocycles. The van der Waals surface area contributed by atoms with Gasteiger partial charge in [-0.25, -0.2) is 0 Å². The number of carbonyl (C=O) groups is 7. The summed E-state index contributed by atoms with van der Waals surface area (Å²) in [6, 6.07) is 3.21. The molecule has 5 atom stereocenters. The Morgan fingerprint density at radius 2 is 0.798 bits per heavy atom. The molecule has 0 saturated heterocycles. The molecule has 0 heterocycles. The van der Waals surface area contributed by atoms with Crippen LogP contribution in [-0.4, -0.2) is 122 Å². The molecule has 1 aromatic carbocycles. The normalized spacial score (nSPS) is 13.0. The zero-order valence-electron chi connectivity index (χ0n) is 56.5. The van der Waals surface area contributed by atoms with E-state index in [4.69, 9.17) is 21.9 Å². The highest BCUT2D eigenvalue weighted by atomic mass is 16.5. The van der Waals surface area contributed by atoms with Gasteiger partial charge >= 0.3 is 0 Å². The lowest BCUT2D eigenvalue weighted by Crippen LogP contribution is -2.58. The maximum Gasteiger partial charge on any atom is 0.243 e. The largest absolute Gasteiger partial charge is 0.491 e. The first kappa shape index (κ1) is 82.2. The first-order valence-corrected chi connectivity index (χ1v) is 35.7. The van der Waals surface area contributed by atoms with Crippen molar-refractivity contribution in [3.05, 3.63) is 29.8 Å². The molecule has 5 unspecified atom stereocenters. The average molecular weight is 1260 g/mol. The monoisotopic (exact) mass is 1260 g/mol. The number of benzene rings is 1. The fraction of sp³-hybridized carbons (Fsp3) is 0.814. The Labute approximate surface area is 539 Å². The molecule has 89 heavy (non-hydrogen) atoms. The summed E-state index contributed by atoms with van der Waals surface area (Å²) in [5, 5.41) is 30.7. The van der Waals surface area contributed by atoms with Crippen molar-refractivity contribution in [3.8, 4) is 5.75 Å². The number of aliphatic hydroxyl groups excluding tert-OH is 1. The minimum absolute atomic E-state index is 0.0182. The summed E-state index contributed by atoms with van der Waals surface area (Å²) in [5.41, 5.74) is 18.3. The Hall–Kier alpha value is -4.85. The van der Waals surface area contributed by atoms with Gasteiger partial charge in [0.15, 0.2) is 0 Å². The van der Waals surface area contributed by atoms with Gasteiger partial charge in [-0.2, -0.15) is 0 Å². The second-order valence-electron chi connectivity index (χ2n) is 25.3. The third-order valence-corrected chi connectivity index (χ3v) is 16.5. The number of primary amides is 1. The molecule has 0 fully saturated rings. The zero-order valence-corrected chi connectivity index (χ0v) is 56.5. The fourth-order valence-corrected chi connectivity index (χ4v) is 10.8. The molecule has 1 rings (SSSR count). The first-order chi connectivity index (χ1) is 43.1. The molecule has 0 aliphatic heterocycles. The molecule has 1 aromatic rings. The van der Waals surface area contributed by atoms with Gasteiger partial charge in [0.2, 0.25) is 41.4 Å². The molecule has 19 nitrogen and oxygen atoms in total. The maximum atomic E-state index is 14.3. The number of unbranched alkanes of at least 4 members (excludes halogenated alkanes) is 28. The Morgan fingerprint density at radius 1 is 0.438 bits per heavy atom. The van der Waals surface area contributed by atoms with Crippen LogP contribution in [0.1, 0.15) is 290 Å². The van der Waals surface area contributed by atoms with Gasteiger partial charge in [-0.3, -0.25) is 33.6 Å². The molecular weight excluding hydrogens is 1120 g/mol. The van der Waals surface area contributed by atoms with Crippen LogP contribution in [0.3, 0.4) is 0 Å². The van der Waals surface area contributed by atoms with E-state index in [1.54, 1.807) is 24.3 Å². The zero-order chi connectivity index (χ0) is 65.4. The standard InChI is InChI=1S/C70H130N10O9/c1-5-7-9-11-13-15-17-19-21-23-25-27-29-43-64(82)74-51-38-34-42-61(77-65(83)44-30-28-26-24-22-20-18-16-14-12-10-8-6-2)68(86)79-63(41-32-36-50-72)70(88)80-62(40-31-35-49-71)69(87)78-60(67(73)85)39-33-37-52-75-66(84)53-57-45-47-59(48-46-57)89-55-58(81)54-76-56(3)4/h45-48,56,58,60-63,76,81H,5-44,49-55,71-72H2,1-4H3,(H2,73,85)(H,74,82)(H,75,84)(H,77,83)(H,78,87)(H,79,86)(H,80,88). The Bertz CT molecular complexity index is 1960. The van der Waals surface area contributed by atoms with Crippen molar-refractivity contribution in [2.24, 2.45) is 17.2 Å². The van der Waals surface area contributed by atoms with Crippen LogP contribution >= 0.6 is 0 Å². The number of ether oxygens (including phenoxy) is 1. The minimum Gasteiger partial charge on any atom is -0.491 e. The Kier molecular flexibility index (Phi) is 52.7. The van der Waals surface area contributed by atoms with Crippen molar-refractivity contribution in [1.29, 1.82) is 0 Å². The predicted octanol–water partition coefficient (Wildman–Crippen LogP) is 10.2. The molecule has 0 spiro atoms. The van der Waals surface area contributed by atoms with Gasteiger partial charge in [-0.1, -0.05) is 194 Å². The number of rotatable bonds is 62. The van der Waals surface area contributed by atoms with E-state index in [1.807, 2.05) is 13.8 Å². The summed E-state index contributed by atoms with van der Waals surface area (Å²) in [6.07, 6.45) is 37.0. The molecule has 0 radical (unpaired) electrons. The van der Waals surface area contributed by atoms with Gasteiger partial charge < -0.3 is 64.3 Å². The Morgan fingerprint density at radius 3 is 1.20 bits per heavy atom. The van der Waals surface area contributed by atoms with E-state index in [9.17, 15) is 38.7 Å². The van der Waals surface area contributed by atoms with Gasteiger partial charge in [-0.15, -0.1) is 0 Å². The number of carbonyl (C=O) groups excluding carboxylic acids is 7. The van der Waals surface area contributed by atoms with Crippen LogP contribution in [0.25, 0.3) is 0 Å². The fourth-order valence-electron chi connectivity index (χ4n) is 10.8. The van der Waals surface area contributed by atoms with Crippen molar-refractivity contribution < 1.29 is 43.4 Å². The van der Waals surface area contributed by atoms with Crippen molar-refractivity contribution in [2.45, 2.75) is 327 Å². The minimum atomic E-state index is -1.08. The SMILES string of the molecule is CCCCCCCCCCCCCCCC(=O)NCCCCC(NC(=O)CCCCCCCCCCCCCCC)C(=O)NC(CCCCN)C(=O)NC(CCCCN)C(=O)NC(CCCCNC(=O)Cc1ccc(OCC(O)CNC(C)C)cc1)C(N)=O. The number of aliphatic hydroxyl groups is 1. The summed E-state index contributed by atoms with van der Waals surface area (Å²) in [7, 11) is 0. The number of nitrogens with two attached hydrogens (primary N) is 3. The molecular formula is C70H130N10O9. The second-order valence-corrected chi connectivity index (χ2v) is 25.3. The molecule has 0 aliphatic carbocycles. The van der Waals surface area contributed by atoms with Crippen molar-refractivity contribution in [2.75, 3.05) is 39.3 Å². The third kappa shape index (κ3) is 47.7. The second kappa shape index (κ2) is 57.1. The summed E-state index contributed by atoms with van der Waals surface area (Å²) in [4.78, 5) is 94.3. The van der Waals surface area contributed by atoms with E-state index in [0.717, 1.165) is 44.1 Å². The van der Waals surface area contributed by atoms with Crippen LogP contribution in [0, 0.1) is 0 Å². The molecule has 0 bridgehead atoms. The highest BCUT2D eigenvalue weighted by Crippen LogP contribution is 2.17. The smallest absolute Gasteiger partial charge is 0.243 e. The lowest BCUT2D eigenvalue weighted by Gasteiger charge is -2.26. The Balaban J connectivity index is 2.92. The van der Waals surface area contributed by atoms with Crippen LogP contribution in [0.15, 0.2) is 24.3 Å². The number of hydrogen-bond donors (Lipinski definition) is 11. The lowest BCUT2D eigenvalue weighted by molar-refractivity contribution is -0.134. The molecule has 0 aliphatic rings. The molecule has 7 amide bonds. The van der Waals surface area contributed by atoms with Gasteiger partial charge in [0.25, 0.3) is 0 Å². The molecule has 514 valence electrons. The van der Waals surface area contributed by atoms with Crippen molar-refractivity contribution in [3.63, 3.8) is 0 Å². The van der Waals surface area contributed by atoms with E-state index in [-0.39, 0.29) is 62.5 Å². The van der Waals surface area contributed by atoms with E-state index in [2.05, 4.69) is 51.1 Å². The van der Waals surface area contributed by atoms with Gasteiger partial charge in [0.1, 0.15) is 42.6 Å². The highest BCUT2D eigenvalue weighted by molar-refractivity contribution is 5.95. The lowest BCUT2D eigenvalue weighted by atomic mass is 10.0. The van der Waals surface area contributed by atoms with Crippen LogP contribution in [0.4, 0.5) is 0 Å². The summed E-state index contributed by atoms with van der Waals surface area (Å²) in [5.74, 6) is -2.27. The van der Waals surface area contributed by atoms with E-state index in [1.165, 1.54) is 122 Å². The summed E-state index contributed by atoms with van der Waals surface area (Å²) in [6.45, 7) is 10.6. The quantitative estimate of drug-likeness (QED) is 0.0272. The van der Waals surface area contributed by atoms with Crippen LogP contribution < -0.4 is 59.2 Å². The molecule has 0 aromatic heterocycles. The number of nitrogens with one attached hydrogen (secondary N) is 7. The van der Waals surface area contributed by atoms with E-state index in [0.29, 0.717) is 109 Å². The van der Waals surface area contributed by atoms with Gasteiger partial charge in [0.05, 0.1) is 6.42 Å². The van der Waals surface area contributed by atoms with E-state index < -0.39 is 53.9 Å². The average Bonchev–Trinajstić information content (AvgIpc) is 3.60. The van der Waals surface area contributed by atoms with E-state index >= 15 is 0 Å². The first-order valence-electron chi connectivity index (χ1n) is 35.7. The van der Waals surface area contributed by atoms with Gasteiger partial charge in [-0.05, 0) is 121 Å². The number of hydrogen-bond acceptors (Lipinski definition) is 12. The third-order valence-electron chi connectivity index (χ3n) is 16.5. The number of amides is 7. The van der Waals surface area contributed by atoms with Crippen molar-refractivity contribution in [1.82, 2.24) is 37.2 Å². The predicted molar refractivity (Wildman–Crippen MR) is 362 cm³/mol. The highest BCUT2D eigenvalue weighted by Gasteiger charge is 2.31. The van der Waals surface area contributed by atoms with Crippen LogP contribution in [0.2, 0.25) is 0 Å². The van der Waals surface area contributed by atoms with Crippen LogP contribution in [0.5, 0.6) is 5.75 Å². The topological polar surface area (TPSA) is 311 Å².